The smallest absolute Gasteiger partial charge is 0.255 e. The molecule has 0 unspecified atom stereocenters. The molecular weight excluding hydrogens is 336 g/mol. The van der Waals surface area contributed by atoms with E-state index in [1.165, 1.54) is 20.2 Å². The lowest BCUT2D eigenvalue weighted by Gasteiger charge is -2.16. The van der Waals surface area contributed by atoms with Gasteiger partial charge in [-0.05, 0) is 74.2 Å². The maximum atomic E-state index is 12.6. The Balaban J connectivity index is 2.46. The van der Waals surface area contributed by atoms with Crippen molar-refractivity contribution >= 4 is 21.6 Å². The molecule has 2 aromatic carbocycles. The molecule has 0 radical (unpaired) electrons. The fourth-order valence-corrected chi connectivity index (χ4v) is 3.89. The van der Waals surface area contributed by atoms with E-state index in [-0.39, 0.29) is 10.8 Å². The fraction of sp³-hybridized carbons (Fsp3) is 0.316. The maximum absolute atomic E-state index is 12.6. The van der Waals surface area contributed by atoms with Crippen LogP contribution in [-0.4, -0.2) is 32.7 Å². The lowest BCUT2D eigenvalue weighted by molar-refractivity contribution is 0.102. The minimum Gasteiger partial charge on any atom is -0.322 e. The first-order chi connectivity index (χ1) is 11.5. The molecule has 0 saturated carbocycles. The molecule has 0 aliphatic heterocycles. The van der Waals surface area contributed by atoms with Gasteiger partial charge < -0.3 is 5.32 Å². The average molecular weight is 360 g/mol. The Bertz CT molecular complexity index is 912. The van der Waals surface area contributed by atoms with Crippen molar-refractivity contribution < 1.29 is 13.2 Å². The van der Waals surface area contributed by atoms with E-state index < -0.39 is 10.0 Å². The van der Waals surface area contributed by atoms with Gasteiger partial charge in [0, 0.05) is 25.3 Å². The van der Waals surface area contributed by atoms with E-state index in [9.17, 15) is 13.2 Å². The Morgan fingerprint density at radius 2 is 1.48 bits per heavy atom. The van der Waals surface area contributed by atoms with Gasteiger partial charge in [0.2, 0.25) is 10.0 Å². The van der Waals surface area contributed by atoms with E-state index in [1.54, 1.807) is 19.9 Å². The van der Waals surface area contributed by atoms with Crippen LogP contribution >= 0.6 is 0 Å². The number of sulfonamides is 1. The number of hydrogen-bond acceptors (Lipinski definition) is 3. The summed E-state index contributed by atoms with van der Waals surface area (Å²) in [7, 11) is -0.662. The Kier molecular flexibility index (Phi) is 5.34. The molecule has 134 valence electrons. The predicted octanol–water partition coefficient (Wildman–Crippen LogP) is 3.42. The van der Waals surface area contributed by atoms with E-state index in [2.05, 4.69) is 5.32 Å². The summed E-state index contributed by atoms with van der Waals surface area (Å²) in [6, 6.07) is 8.93. The number of benzene rings is 2. The van der Waals surface area contributed by atoms with Crippen molar-refractivity contribution in [2.24, 2.45) is 0 Å². The highest BCUT2D eigenvalue weighted by Crippen LogP contribution is 2.24. The molecular formula is C19H24N2O3S. The van der Waals surface area contributed by atoms with Crippen molar-refractivity contribution in [1.29, 1.82) is 0 Å². The van der Waals surface area contributed by atoms with Crippen molar-refractivity contribution in [2.45, 2.75) is 32.6 Å². The molecule has 0 heterocycles. The van der Waals surface area contributed by atoms with Gasteiger partial charge in [0.25, 0.3) is 5.91 Å². The molecule has 2 aromatic rings. The number of anilines is 1. The molecule has 1 amide bonds. The number of nitrogens with one attached hydrogen (secondary N) is 1. The highest BCUT2D eigenvalue weighted by atomic mass is 32.2. The summed E-state index contributed by atoms with van der Waals surface area (Å²) >= 11 is 0. The molecule has 2 rings (SSSR count). The van der Waals surface area contributed by atoms with Crippen LogP contribution < -0.4 is 5.32 Å². The van der Waals surface area contributed by atoms with Crippen molar-refractivity contribution in [2.75, 3.05) is 19.4 Å². The van der Waals surface area contributed by atoms with Gasteiger partial charge in [-0.15, -0.1) is 0 Å². The molecule has 25 heavy (non-hydrogen) atoms. The number of carbonyl (C=O) groups excluding carboxylic acids is 1. The molecule has 5 nitrogen and oxygen atoms in total. The van der Waals surface area contributed by atoms with Crippen LogP contribution in [0.5, 0.6) is 0 Å². The van der Waals surface area contributed by atoms with Crippen LogP contribution in [0.1, 0.15) is 32.6 Å². The van der Waals surface area contributed by atoms with Crippen LogP contribution in [-0.2, 0) is 10.0 Å². The van der Waals surface area contributed by atoms with Gasteiger partial charge in [0.15, 0.2) is 0 Å². The molecule has 0 spiro atoms. The zero-order valence-corrected chi connectivity index (χ0v) is 16.3. The van der Waals surface area contributed by atoms with Crippen LogP contribution in [0.4, 0.5) is 5.69 Å². The summed E-state index contributed by atoms with van der Waals surface area (Å²) in [4.78, 5) is 12.8. The third-order valence-corrected chi connectivity index (χ3v) is 6.06. The topological polar surface area (TPSA) is 66.5 Å². The molecule has 0 atom stereocenters. The number of nitrogens with zero attached hydrogens (tertiary/aromatic N) is 1. The quantitative estimate of drug-likeness (QED) is 0.908. The first-order valence-electron chi connectivity index (χ1n) is 7.96. The van der Waals surface area contributed by atoms with E-state index in [0.717, 1.165) is 21.0 Å². The first-order valence-corrected chi connectivity index (χ1v) is 9.40. The number of hydrogen-bond donors (Lipinski definition) is 1. The highest BCUT2D eigenvalue weighted by molar-refractivity contribution is 7.89. The number of carbonyl (C=O) groups is 1. The zero-order valence-electron chi connectivity index (χ0n) is 15.5. The normalized spacial score (nSPS) is 11.6. The fourth-order valence-electron chi connectivity index (χ4n) is 2.67. The second kappa shape index (κ2) is 6.98. The second-order valence-electron chi connectivity index (χ2n) is 6.53. The molecule has 0 fully saturated rings. The Labute approximate surface area is 149 Å². The third kappa shape index (κ3) is 4.08. The minimum absolute atomic E-state index is 0.156. The number of amides is 1. The molecule has 0 bridgehead atoms. The Morgan fingerprint density at radius 3 is 2.00 bits per heavy atom. The van der Waals surface area contributed by atoms with Crippen LogP contribution in [0.25, 0.3) is 0 Å². The van der Waals surface area contributed by atoms with Gasteiger partial charge in [0.05, 0.1) is 4.90 Å². The summed E-state index contributed by atoms with van der Waals surface area (Å²) in [6.45, 7) is 7.47. The maximum Gasteiger partial charge on any atom is 0.255 e. The molecule has 0 aliphatic carbocycles. The van der Waals surface area contributed by atoms with Crippen LogP contribution in [0.3, 0.4) is 0 Å². The van der Waals surface area contributed by atoms with Crippen LogP contribution in [0.2, 0.25) is 0 Å². The van der Waals surface area contributed by atoms with E-state index in [0.29, 0.717) is 16.8 Å². The number of rotatable bonds is 4. The van der Waals surface area contributed by atoms with Gasteiger partial charge in [-0.3, -0.25) is 4.79 Å². The van der Waals surface area contributed by atoms with Crippen molar-refractivity contribution in [1.82, 2.24) is 4.31 Å². The Hall–Kier alpha value is -2.18. The second-order valence-corrected chi connectivity index (χ2v) is 8.65. The lowest BCUT2D eigenvalue weighted by Crippen LogP contribution is -2.24. The lowest BCUT2D eigenvalue weighted by atomic mass is 10.1. The zero-order chi connectivity index (χ0) is 18.9. The van der Waals surface area contributed by atoms with E-state index >= 15 is 0 Å². The van der Waals surface area contributed by atoms with Crippen LogP contribution in [0.15, 0.2) is 35.2 Å². The summed E-state index contributed by atoms with van der Waals surface area (Å²) in [5, 5.41) is 2.85. The molecule has 0 aliphatic rings. The van der Waals surface area contributed by atoms with E-state index in [4.69, 9.17) is 0 Å². The molecule has 0 saturated heterocycles. The summed E-state index contributed by atoms with van der Waals surface area (Å²) in [5.74, 6) is -0.330. The van der Waals surface area contributed by atoms with Gasteiger partial charge in [-0.25, -0.2) is 12.7 Å². The van der Waals surface area contributed by atoms with Gasteiger partial charge in [0.1, 0.15) is 0 Å². The van der Waals surface area contributed by atoms with Gasteiger partial charge in [-0.1, -0.05) is 6.07 Å². The Morgan fingerprint density at radius 1 is 0.920 bits per heavy atom. The standard InChI is InChI=1S/C19H24N2O3S/c1-12-7-13(2)9-17(8-12)20-19(22)16-10-14(3)15(4)18(11-16)25(23,24)21(5)6/h7-11H,1-6H3,(H,20,22). The van der Waals surface area contributed by atoms with Crippen molar-refractivity contribution in [3.63, 3.8) is 0 Å². The minimum atomic E-state index is -3.62. The summed E-state index contributed by atoms with van der Waals surface area (Å²) in [6.07, 6.45) is 0. The summed E-state index contributed by atoms with van der Waals surface area (Å²) < 4.78 is 26.2. The average Bonchev–Trinajstić information content (AvgIpc) is 2.48. The van der Waals surface area contributed by atoms with Crippen molar-refractivity contribution in [3.8, 4) is 0 Å². The largest absolute Gasteiger partial charge is 0.322 e. The monoisotopic (exact) mass is 360 g/mol. The summed E-state index contributed by atoms with van der Waals surface area (Å²) in [5.41, 5.74) is 4.52. The number of aryl methyl sites for hydroxylation is 3. The molecule has 0 aromatic heterocycles. The van der Waals surface area contributed by atoms with E-state index in [1.807, 2.05) is 32.0 Å². The SMILES string of the molecule is Cc1cc(C)cc(NC(=O)c2cc(C)c(C)c(S(=O)(=O)N(C)C)c2)c1. The highest BCUT2D eigenvalue weighted by Gasteiger charge is 2.23. The van der Waals surface area contributed by atoms with Gasteiger partial charge in [-0.2, -0.15) is 0 Å². The van der Waals surface area contributed by atoms with Gasteiger partial charge >= 0.3 is 0 Å². The van der Waals surface area contributed by atoms with Crippen molar-refractivity contribution in [3.05, 3.63) is 58.1 Å². The third-order valence-electron chi connectivity index (χ3n) is 4.12. The predicted molar refractivity (Wildman–Crippen MR) is 101 cm³/mol. The molecule has 1 N–H and O–H groups in total. The first kappa shape index (κ1) is 19.1. The van der Waals surface area contributed by atoms with Crippen LogP contribution in [0, 0.1) is 27.7 Å². The molecule has 6 heteroatoms.